The Morgan fingerprint density at radius 1 is 0.977 bits per heavy atom. The molecule has 0 saturated carbocycles. The lowest BCUT2D eigenvalue weighted by atomic mass is 9.71. The summed E-state index contributed by atoms with van der Waals surface area (Å²) in [5, 5.41) is 15.0. The zero-order chi connectivity index (χ0) is 31.4. The van der Waals surface area contributed by atoms with Gasteiger partial charge in [-0.2, -0.15) is 0 Å². The summed E-state index contributed by atoms with van der Waals surface area (Å²) < 4.78 is 22.1. The molecule has 228 valence electrons. The van der Waals surface area contributed by atoms with Crippen molar-refractivity contribution in [2.24, 2.45) is 0 Å². The molecule has 0 amide bonds. The van der Waals surface area contributed by atoms with Crippen LogP contribution in [0, 0.1) is 10.1 Å². The van der Waals surface area contributed by atoms with E-state index in [0.717, 1.165) is 5.56 Å². The Labute approximate surface area is 259 Å². The summed E-state index contributed by atoms with van der Waals surface area (Å²) in [7, 11) is 3.11. The lowest BCUT2D eigenvalue weighted by Crippen LogP contribution is -2.36. The molecule has 5 rings (SSSR count). The highest BCUT2D eigenvalue weighted by molar-refractivity contribution is 6.32. The van der Waals surface area contributed by atoms with Crippen LogP contribution in [-0.4, -0.2) is 44.1 Å². The maximum absolute atomic E-state index is 13.9. The average molecular weight is 619 g/mol. The zero-order valence-electron chi connectivity index (χ0n) is 24.4. The number of carbonyl (C=O) groups excluding carboxylic acids is 2. The molecule has 1 N–H and O–H groups in total. The SMILES string of the molecule is COc1ccc(C2CC(=O)C3=C(C2)NC(C)=C(C(=O)OCCOc2ccccc2)C3c2ccc(Cl)c([N+](=O)[O-])c2)cc1OC. The number of hydrogen-bond acceptors (Lipinski definition) is 9. The van der Waals surface area contributed by atoms with E-state index >= 15 is 0 Å². The lowest BCUT2D eigenvalue weighted by molar-refractivity contribution is -0.384. The monoisotopic (exact) mass is 618 g/mol. The smallest absolute Gasteiger partial charge is 0.336 e. The van der Waals surface area contributed by atoms with Crippen LogP contribution in [0.5, 0.6) is 17.2 Å². The number of allylic oxidation sites excluding steroid dienone is 3. The Hall–Kier alpha value is -4.83. The van der Waals surface area contributed by atoms with Gasteiger partial charge < -0.3 is 24.3 Å². The van der Waals surface area contributed by atoms with Crippen LogP contribution in [0.15, 0.2) is 89.3 Å². The number of dihydropyridines is 1. The van der Waals surface area contributed by atoms with Gasteiger partial charge in [-0.3, -0.25) is 14.9 Å². The number of carbonyl (C=O) groups is 2. The molecule has 10 nitrogen and oxygen atoms in total. The Morgan fingerprint density at radius 3 is 2.41 bits per heavy atom. The summed E-state index contributed by atoms with van der Waals surface area (Å²) in [6.07, 6.45) is 0.627. The molecular formula is C33H31ClN2O8. The van der Waals surface area contributed by atoms with Crippen molar-refractivity contribution in [2.75, 3.05) is 27.4 Å². The number of halogens is 1. The van der Waals surface area contributed by atoms with E-state index in [9.17, 15) is 19.7 Å². The Morgan fingerprint density at radius 2 is 1.70 bits per heavy atom. The Bertz CT molecular complexity index is 1670. The normalized spacial score (nSPS) is 17.9. The molecule has 11 heteroatoms. The van der Waals surface area contributed by atoms with E-state index in [0.29, 0.717) is 46.2 Å². The van der Waals surface area contributed by atoms with Gasteiger partial charge in [-0.1, -0.05) is 41.9 Å². The van der Waals surface area contributed by atoms with E-state index in [4.69, 9.17) is 30.5 Å². The Balaban J connectivity index is 1.48. The molecule has 44 heavy (non-hydrogen) atoms. The summed E-state index contributed by atoms with van der Waals surface area (Å²) in [6.45, 7) is 1.80. The summed E-state index contributed by atoms with van der Waals surface area (Å²) >= 11 is 6.12. The number of nitro benzene ring substituents is 1. The molecule has 0 saturated heterocycles. The molecule has 3 aromatic rings. The second kappa shape index (κ2) is 13.2. The third-order valence-corrected chi connectivity index (χ3v) is 8.07. The Kier molecular flexibility index (Phi) is 9.20. The number of ketones is 1. The second-order valence-corrected chi connectivity index (χ2v) is 10.8. The van der Waals surface area contributed by atoms with Crippen LogP contribution in [0.4, 0.5) is 5.69 Å². The quantitative estimate of drug-likeness (QED) is 0.121. The van der Waals surface area contributed by atoms with E-state index in [1.165, 1.54) is 12.1 Å². The molecule has 0 bridgehead atoms. The fraction of sp³-hybridized carbons (Fsp3) is 0.273. The van der Waals surface area contributed by atoms with Crippen molar-refractivity contribution in [3.8, 4) is 17.2 Å². The maximum Gasteiger partial charge on any atom is 0.336 e. The fourth-order valence-electron chi connectivity index (χ4n) is 5.72. The van der Waals surface area contributed by atoms with E-state index in [1.807, 2.05) is 30.3 Å². The van der Waals surface area contributed by atoms with Gasteiger partial charge in [-0.25, -0.2) is 4.79 Å². The molecule has 1 aliphatic carbocycles. The van der Waals surface area contributed by atoms with Crippen molar-refractivity contribution in [2.45, 2.75) is 31.6 Å². The number of hydrogen-bond donors (Lipinski definition) is 1. The van der Waals surface area contributed by atoms with Crippen molar-refractivity contribution in [1.82, 2.24) is 5.32 Å². The van der Waals surface area contributed by atoms with Gasteiger partial charge in [0.05, 0.1) is 24.7 Å². The zero-order valence-corrected chi connectivity index (χ0v) is 25.2. The van der Waals surface area contributed by atoms with Gasteiger partial charge in [0, 0.05) is 35.4 Å². The van der Waals surface area contributed by atoms with Crippen LogP contribution < -0.4 is 19.5 Å². The lowest BCUT2D eigenvalue weighted by Gasteiger charge is -2.36. The van der Waals surface area contributed by atoms with Gasteiger partial charge in [0.1, 0.15) is 24.0 Å². The van der Waals surface area contributed by atoms with E-state index < -0.39 is 16.8 Å². The topological polar surface area (TPSA) is 126 Å². The molecule has 2 atom stereocenters. The predicted molar refractivity (Wildman–Crippen MR) is 163 cm³/mol. The molecule has 0 aromatic heterocycles. The number of esters is 1. The molecule has 0 fully saturated rings. The molecule has 1 aliphatic heterocycles. The second-order valence-electron chi connectivity index (χ2n) is 10.4. The van der Waals surface area contributed by atoms with Crippen LogP contribution in [0.3, 0.4) is 0 Å². The van der Waals surface area contributed by atoms with Gasteiger partial charge in [-0.15, -0.1) is 0 Å². The summed E-state index contributed by atoms with van der Waals surface area (Å²) in [4.78, 5) is 38.7. The van der Waals surface area contributed by atoms with E-state index in [2.05, 4.69) is 5.32 Å². The largest absolute Gasteiger partial charge is 0.493 e. The van der Waals surface area contributed by atoms with Crippen molar-refractivity contribution in [1.29, 1.82) is 0 Å². The number of Topliss-reactive ketones (excluding diaryl/α,β-unsaturated/α-hetero) is 1. The number of methoxy groups -OCH3 is 2. The van der Waals surface area contributed by atoms with Gasteiger partial charge in [0.25, 0.3) is 5.69 Å². The van der Waals surface area contributed by atoms with Crippen LogP contribution in [0.25, 0.3) is 0 Å². The fourth-order valence-corrected chi connectivity index (χ4v) is 5.91. The first-order chi connectivity index (χ1) is 21.2. The minimum atomic E-state index is -0.899. The first-order valence-electron chi connectivity index (χ1n) is 14.0. The predicted octanol–water partition coefficient (Wildman–Crippen LogP) is 6.25. The van der Waals surface area contributed by atoms with Crippen molar-refractivity contribution in [3.05, 3.63) is 116 Å². The molecule has 0 radical (unpaired) electrons. The minimum absolute atomic E-state index is 0.0424. The summed E-state index contributed by atoms with van der Waals surface area (Å²) in [5.41, 5.74) is 2.66. The van der Waals surface area contributed by atoms with E-state index in [-0.39, 0.29) is 47.6 Å². The third kappa shape index (κ3) is 6.26. The van der Waals surface area contributed by atoms with Crippen LogP contribution in [0.2, 0.25) is 5.02 Å². The van der Waals surface area contributed by atoms with Gasteiger partial charge >= 0.3 is 5.97 Å². The molecule has 3 aromatic carbocycles. The highest BCUT2D eigenvalue weighted by atomic mass is 35.5. The van der Waals surface area contributed by atoms with Gasteiger partial charge in [0.15, 0.2) is 17.3 Å². The molecular weight excluding hydrogens is 588 g/mol. The first kappa shape index (κ1) is 30.6. The van der Waals surface area contributed by atoms with Gasteiger partial charge in [-0.05, 0) is 60.7 Å². The van der Waals surface area contributed by atoms with Crippen LogP contribution >= 0.6 is 11.6 Å². The number of para-hydroxylation sites is 1. The minimum Gasteiger partial charge on any atom is -0.493 e. The van der Waals surface area contributed by atoms with Crippen LogP contribution in [0.1, 0.15) is 42.7 Å². The number of nitro groups is 1. The summed E-state index contributed by atoms with van der Waals surface area (Å²) in [6, 6.07) is 19.0. The maximum atomic E-state index is 13.9. The standard InChI is InChI=1S/C33H31ClN2O8/c1-19-30(33(38)44-14-13-43-23-7-5-4-6-8-23)31(21-9-11-24(34)26(16-21)36(39)40)32-25(35-19)15-22(17-27(32)37)20-10-12-28(41-2)29(18-20)42-3/h4-12,16,18,22,31,35H,13-15,17H2,1-3H3. The molecule has 1 heterocycles. The van der Waals surface area contributed by atoms with Gasteiger partial charge in [0.2, 0.25) is 0 Å². The number of rotatable bonds is 10. The number of nitrogens with one attached hydrogen (secondary N) is 1. The molecule has 0 spiro atoms. The van der Waals surface area contributed by atoms with Crippen molar-refractivity contribution in [3.63, 3.8) is 0 Å². The number of benzene rings is 3. The first-order valence-corrected chi connectivity index (χ1v) is 14.3. The van der Waals surface area contributed by atoms with Crippen molar-refractivity contribution < 1.29 is 33.5 Å². The van der Waals surface area contributed by atoms with Crippen LogP contribution in [-0.2, 0) is 14.3 Å². The van der Waals surface area contributed by atoms with E-state index in [1.54, 1.807) is 45.4 Å². The van der Waals surface area contributed by atoms with Crippen molar-refractivity contribution >= 4 is 29.0 Å². The highest BCUT2D eigenvalue weighted by Gasteiger charge is 2.42. The third-order valence-electron chi connectivity index (χ3n) is 7.76. The molecule has 2 aliphatic rings. The highest BCUT2D eigenvalue weighted by Crippen LogP contribution is 2.47. The molecule has 2 unspecified atom stereocenters. The number of nitrogens with zero attached hydrogens (tertiary/aromatic N) is 1. The summed E-state index contributed by atoms with van der Waals surface area (Å²) in [5.74, 6) is -0.154. The number of ether oxygens (including phenoxy) is 4. The average Bonchev–Trinajstić information content (AvgIpc) is 3.02.